The van der Waals surface area contributed by atoms with Crippen molar-refractivity contribution < 1.29 is 14.3 Å². The Kier molecular flexibility index (Phi) is 12.5. The molecule has 4 nitrogen and oxygen atoms in total. The molecule has 0 unspecified atom stereocenters. The van der Waals surface area contributed by atoms with Gasteiger partial charge in [0.05, 0.1) is 6.61 Å². The van der Waals surface area contributed by atoms with E-state index in [1.165, 1.54) is 26.2 Å². The first kappa shape index (κ1) is 17.8. The van der Waals surface area contributed by atoms with Gasteiger partial charge in [-0.1, -0.05) is 38.2 Å². The van der Waals surface area contributed by atoms with Gasteiger partial charge >= 0.3 is 0 Å². The first-order valence-electron chi connectivity index (χ1n) is 7.16. The van der Waals surface area contributed by atoms with E-state index in [0.717, 1.165) is 32.3 Å². The number of hydrogen-bond acceptors (Lipinski definition) is 3. The van der Waals surface area contributed by atoms with Crippen molar-refractivity contribution in [3.8, 4) is 0 Å². The maximum atomic E-state index is 11.2. The van der Waals surface area contributed by atoms with Gasteiger partial charge in [0.15, 0.2) is 0 Å². The van der Waals surface area contributed by atoms with Crippen LogP contribution in [0.15, 0.2) is 12.7 Å². The molecule has 0 aliphatic heterocycles. The molecule has 0 saturated carbocycles. The van der Waals surface area contributed by atoms with Crippen LogP contribution in [0.2, 0.25) is 0 Å². The van der Waals surface area contributed by atoms with E-state index in [2.05, 4.69) is 11.9 Å². The normalized spacial score (nSPS) is 10.2. The molecule has 0 spiro atoms. The molecule has 0 aromatic carbocycles. The predicted molar refractivity (Wildman–Crippen MR) is 76.8 cm³/mol. The highest BCUT2D eigenvalue weighted by atomic mass is 16.5. The maximum absolute atomic E-state index is 11.2. The fourth-order valence-electron chi connectivity index (χ4n) is 1.80. The Balaban J connectivity index is 3.12. The molecule has 0 atom stereocenters. The van der Waals surface area contributed by atoms with E-state index in [9.17, 15) is 9.59 Å². The molecule has 2 amide bonds. The second-order valence-electron chi connectivity index (χ2n) is 4.69. The van der Waals surface area contributed by atoms with Gasteiger partial charge in [-0.15, -0.1) is 6.58 Å². The number of ether oxygens (including phenoxy) is 1. The average molecular weight is 269 g/mol. The van der Waals surface area contributed by atoms with Gasteiger partial charge in [0.2, 0.25) is 11.8 Å². The molecule has 0 aromatic rings. The topological polar surface area (TPSA) is 55.4 Å². The quantitative estimate of drug-likeness (QED) is 0.438. The molecule has 0 saturated heterocycles. The minimum Gasteiger partial charge on any atom is -0.377 e. The van der Waals surface area contributed by atoms with Crippen LogP contribution in [0.25, 0.3) is 0 Å². The van der Waals surface area contributed by atoms with Gasteiger partial charge in [0.1, 0.15) is 0 Å². The number of carbonyl (C=O) groups is 2. The summed E-state index contributed by atoms with van der Waals surface area (Å²) >= 11 is 0. The second kappa shape index (κ2) is 13.3. The maximum Gasteiger partial charge on any atom is 0.226 e. The van der Waals surface area contributed by atoms with Crippen LogP contribution >= 0.6 is 0 Å². The molecular weight excluding hydrogens is 242 g/mol. The van der Waals surface area contributed by atoms with Gasteiger partial charge in [-0.3, -0.25) is 14.9 Å². The molecular formula is C15H27NO3. The van der Waals surface area contributed by atoms with Crippen LogP contribution < -0.4 is 5.32 Å². The average Bonchev–Trinajstić information content (AvgIpc) is 2.35. The Morgan fingerprint density at radius 2 is 1.63 bits per heavy atom. The van der Waals surface area contributed by atoms with E-state index in [0.29, 0.717) is 13.0 Å². The Morgan fingerprint density at radius 3 is 2.21 bits per heavy atom. The van der Waals surface area contributed by atoms with Crippen LogP contribution in [0.3, 0.4) is 0 Å². The second-order valence-corrected chi connectivity index (χ2v) is 4.69. The summed E-state index contributed by atoms with van der Waals surface area (Å²) in [5.74, 6) is -0.435. The summed E-state index contributed by atoms with van der Waals surface area (Å²) in [6, 6.07) is 0. The van der Waals surface area contributed by atoms with E-state index >= 15 is 0 Å². The smallest absolute Gasteiger partial charge is 0.226 e. The molecule has 1 N–H and O–H groups in total. The highest BCUT2D eigenvalue weighted by molar-refractivity contribution is 5.93. The van der Waals surface area contributed by atoms with E-state index in [1.54, 1.807) is 6.08 Å². The van der Waals surface area contributed by atoms with Crippen molar-refractivity contribution in [3.05, 3.63) is 12.7 Å². The van der Waals surface area contributed by atoms with E-state index in [1.807, 2.05) is 0 Å². The van der Waals surface area contributed by atoms with Gasteiger partial charge < -0.3 is 4.74 Å². The molecule has 110 valence electrons. The van der Waals surface area contributed by atoms with Crippen molar-refractivity contribution >= 4 is 11.8 Å². The molecule has 0 aliphatic carbocycles. The summed E-state index contributed by atoms with van der Waals surface area (Å²) < 4.78 is 5.30. The van der Waals surface area contributed by atoms with Gasteiger partial charge in [-0.2, -0.15) is 0 Å². The third-order valence-corrected chi connectivity index (χ3v) is 2.74. The lowest BCUT2D eigenvalue weighted by molar-refractivity contribution is -0.129. The molecule has 0 aliphatic rings. The first-order chi connectivity index (χ1) is 9.16. The molecule has 0 fully saturated rings. The summed E-state index contributed by atoms with van der Waals surface area (Å²) in [7, 11) is 0. The summed E-state index contributed by atoms with van der Waals surface area (Å²) in [5.41, 5.74) is 0. The molecule has 0 rings (SSSR count). The SMILES string of the molecule is C=CCOCCCCCCCCCC(=O)NC(C)=O. The van der Waals surface area contributed by atoms with Gasteiger partial charge in [-0.25, -0.2) is 0 Å². The highest BCUT2D eigenvalue weighted by Gasteiger charge is 2.02. The minimum atomic E-state index is -0.274. The summed E-state index contributed by atoms with van der Waals surface area (Å²) in [6.45, 7) is 6.41. The number of carbonyl (C=O) groups excluding carboxylic acids is 2. The first-order valence-corrected chi connectivity index (χ1v) is 7.16. The van der Waals surface area contributed by atoms with Crippen molar-refractivity contribution in [2.24, 2.45) is 0 Å². The molecule has 0 aromatic heterocycles. The molecule has 19 heavy (non-hydrogen) atoms. The van der Waals surface area contributed by atoms with E-state index in [4.69, 9.17) is 4.74 Å². The zero-order valence-electron chi connectivity index (χ0n) is 12.1. The van der Waals surface area contributed by atoms with Crippen LogP contribution in [0.5, 0.6) is 0 Å². The van der Waals surface area contributed by atoms with Gasteiger partial charge in [0, 0.05) is 20.0 Å². The van der Waals surface area contributed by atoms with E-state index < -0.39 is 0 Å². The standard InChI is InChI=1S/C15H27NO3/c1-3-12-19-13-10-8-6-4-5-7-9-11-15(18)16-14(2)17/h3H,1,4-13H2,2H3,(H,16,17,18). The molecule has 4 heteroatoms. The summed E-state index contributed by atoms with van der Waals surface area (Å²) in [4.78, 5) is 21.8. The lowest BCUT2D eigenvalue weighted by atomic mass is 10.1. The van der Waals surface area contributed by atoms with Crippen molar-refractivity contribution in [3.63, 3.8) is 0 Å². The Bertz CT molecular complexity index is 264. The summed E-state index contributed by atoms with van der Waals surface area (Å²) in [5, 5.41) is 2.28. The lowest BCUT2D eigenvalue weighted by Crippen LogP contribution is -2.27. The fourth-order valence-corrected chi connectivity index (χ4v) is 1.80. The lowest BCUT2D eigenvalue weighted by Gasteiger charge is -2.03. The van der Waals surface area contributed by atoms with Crippen LogP contribution in [0.4, 0.5) is 0 Å². The highest BCUT2D eigenvalue weighted by Crippen LogP contribution is 2.08. The number of amides is 2. The van der Waals surface area contributed by atoms with Crippen LogP contribution in [0.1, 0.15) is 58.3 Å². The number of rotatable bonds is 12. The number of hydrogen-bond donors (Lipinski definition) is 1. The molecule has 0 heterocycles. The molecule has 0 bridgehead atoms. The van der Waals surface area contributed by atoms with Crippen LogP contribution in [-0.4, -0.2) is 25.0 Å². The van der Waals surface area contributed by atoms with Crippen molar-refractivity contribution in [2.45, 2.75) is 58.3 Å². The zero-order chi connectivity index (χ0) is 14.3. The van der Waals surface area contributed by atoms with E-state index in [-0.39, 0.29) is 11.8 Å². The predicted octanol–water partition coefficient (Wildman–Crippen LogP) is 2.97. The third kappa shape index (κ3) is 14.8. The fraction of sp³-hybridized carbons (Fsp3) is 0.733. The van der Waals surface area contributed by atoms with Gasteiger partial charge in [-0.05, 0) is 12.8 Å². The largest absolute Gasteiger partial charge is 0.377 e. The monoisotopic (exact) mass is 269 g/mol. The Labute approximate surface area is 116 Å². The molecule has 0 radical (unpaired) electrons. The van der Waals surface area contributed by atoms with Gasteiger partial charge in [0.25, 0.3) is 0 Å². The van der Waals surface area contributed by atoms with Crippen LogP contribution in [-0.2, 0) is 14.3 Å². The van der Waals surface area contributed by atoms with Crippen molar-refractivity contribution in [1.29, 1.82) is 0 Å². The van der Waals surface area contributed by atoms with Crippen molar-refractivity contribution in [1.82, 2.24) is 5.32 Å². The van der Waals surface area contributed by atoms with Crippen molar-refractivity contribution in [2.75, 3.05) is 13.2 Å². The Hall–Kier alpha value is -1.16. The third-order valence-electron chi connectivity index (χ3n) is 2.74. The summed E-state index contributed by atoms with van der Waals surface area (Å²) in [6.07, 6.45) is 10.0. The number of imide groups is 1. The number of nitrogens with one attached hydrogen (secondary N) is 1. The number of unbranched alkanes of at least 4 members (excludes halogenated alkanes) is 6. The zero-order valence-corrected chi connectivity index (χ0v) is 12.1. The Morgan fingerprint density at radius 1 is 1.05 bits per heavy atom. The van der Waals surface area contributed by atoms with Crippen LogP contribution in [0, 0.1) is 0 Å². The minimum absolute atomic E-state index is 0.160.